The van der Waals surface area contributed by atoms with Crippen molar-refractivity contribution in [2.75, 3.05) is 9.80 Å². The second-order valence-electron chi connectivity index (χ2n) is 20.4. The summed E-state index contributed by atoms with van der Waals surface area (Å²) in [7, 11) is 0. The molecule has 0 atom stereocenters. The first-order valence-corrected chi connectivity index (χ1v) is 25.8. The predicted molar refractivity (Wildman–Crippen MR) is 312 cm³/mol. The molecule has 75 heavy (non-hydrogen) atoms. The van der Waals surface area contributed by atoms with Crippen molar-refractivity contribution >= 4 is 77.6 Å². The highest BCUT2D eigenvalue weighted by atomic mass is 16.5. The number of hydrogen-bond acceptors (Lipinski definition) is 4. The van der Waals surface area contributed by atoms with Crippen LogP contribution in [0.5, 0.6) is 11.5 Å². The summed E-state index contributed by atoms with van der Waals surface area (Å²) >= 11 is 0. The molecular weight excluding hydrogens is 913 g/mol. The number of anilines is 6. The van der Waals surface area contributed by atoms with Gasteiger partial charge in [0.2, 0.25) is 0 Å². The lowest BCUT2D eigenvalue weighted by atomic mass is 9.82. The molecule has 0 unspecified atom stereocenters. The Bertz CT molecular complexity index is 4440. The van der Waals surface area contributed by atoms with Crippen molar-refractivity contribution in [3.05, 3.63) is 266 Å². The van der Waals surface area contributed by atoms with E-state index in [1.165, 1.54) is 33.4 Å². The minimum atomic E-state index is -0.155. The number of benzene rings is 12. The third-order valence-corrected chi connectivity index (χ3v) is 15.8. The molecule has 0 spiro atoms. The molecule has 0 saturated heterocycles. The summed E-state index contributed by atoms with van der Waals surface area (Å²) in [6.45, 7) is 4.71. The van der Waals surface area contributed by atoms with Gasteiger partial charge in [0.05, 0.1) is 22.7 Å². The van der Waals surface area contributed by atoms with Crippen molar-refractivity contribution in [1.82, 2.24) is 0 Å². The summed E-state index contributed by atoms with van der Waals surface area (Å²) in [6.07, 6.45) is 0. The highest BCUT2D eigenvalue weighted by Gasteiger charge is 2.36. The van der Waals surface area contributed by atoms with Gasteiger partial charge in [0.25, 0.3) is 0 Å². The summed E-state index contributed by atoms with van der Waals surface area (Å²) in [5, 5.41) is 6.73. The second-order valence-corrected chi connectivity index (χ2v) is 20.4. The molecule has 1 aliphatic carbocycles. The smallest absolute Gasteiger partial charge is 0.159 e. The van der Waals surface area contributed by atoms with Gasteiger partial charge in [-0.05, 0) is 128 Å². The highest BCUT2D eigenvalue weighted by Crippen LogP contribution is 2.55. The molecule has 0 amide bonds. The zero-order chi connectivity index (χ0) is 49.8. The van der Waals surface area contributed by atoms with Crippen LogP contribution >= 0.6 is 0 Å². The predicted octanol–water partition coefficient (Wildman–Crippen LogP) is 20.2. The number of hydrogen-bond donors (Lipinski definition) is 0. The van der Waals surface area contributed by atoms with E-state index in [-0.39, 0.29) is 5.41 Å². The summed E-state index contributed by atoms with van der Waals surface area (Å²) in [5.74, 6) is 1.63. The Labute approximate surface area is 435 Å². The Hall–Kier alpha value is -9.64. The Kier molecular flexibility index (Phi) is 9.58. The Morgan fingerprint density at radius 2 is 0.893 bits per heavy atom. The quantitative estimate of drug-likeness (QED) is 0.142. The molecule has 0 fully saturated rings. The van der Waals surface area contributed by atoms with E-state index in [1.807, 2.05) is 12.1 Å². The minimum Gasteiger partial charge on any atom is -0.456 e. The number of rotatable bonds is 8. The second kappa shape index (κ2) is 16.7. The van der Waals surface area contributed by atoms with Crippen molar-refractivity contribution in [3.63, 3.8) is 0 Å². The fourth-order valence-electron chi connectivity index (χ4n) is 12.3. The van der Waals surface area contributed by atoms with E-state index in [0.29, 0.717) is 0 Å². The highest BCUT2D eigenvalue weighted by molar-refractivity contribution is 6.18. The number of ether oxygens (including phenoxy) is 1. The Balaban J connectivity index is 0.895. The SMILES string of the molecule is CC1(C)c2ccccc2-c2ccc(N(c3ccc4cc5c6c(cccc6c4c3)Oc3cc(N(c4ccccc4-c4ccccc4)c4cccc6c4oc4ccccc46)ccc3-5)c3ccccc3-c3ccccc3)cc21. The minimum absolute atomic E-state index is 0.155. The molecule has 0 N–H and O–H groups in total. The number of fused-ring (bicyclic) bond motifs is 10. The van der Waals surface area contributed by atoms with Gasteiger partial charge >= 0.3 is 0 Å². The van der Waals surface area contributed by atoms with Crippen LogP contribution in [0.15, 0.2) is 259 Å². The molecule has 0 bridgehead atoms. The fraction of sp³-hybridized carbons (Fsp3) is 0.0423. The molecule has 15 rings (SSSR count). The third kappa shape index (κ3) is 6.69. The first-order chi connectivity index (χ1) is 37.0. The van der Waals surface area contributed by atoms with Gasteiger partial charge in [-0.25, -0.2) is 0 Å². The summed E-state index contributed by atoms with van der Waals surface area (Å²) in [4.78, 5) is 4.79. The van der Waals surface area contributed by atoms with Crippen LogP contribution in [-0.2, 0) is 5.41 Å². The van der Waals surface area contributed by atoms with Crippen molar-refractivity contribution in [3.8, 4) is 56.0 Å². The topological polar surface area (TPSA) is 28.9 Å². The lowest BCUT2D eigenvalue weighted by Crippen LogP contribution is -2.16. The van der Waals surface area contributed by atoms with Crippen LogP contribution in [-0.4, -0.2) is 0 Å². The maximum atomic E-state index is 7.12. The van der Waals surface area contributed by atoms with Gasteiger partial charge in [0.1, 0.15) is 17.1 Å². The van der Waals surface area contributed by atoms with Crippen LogP contribution in [0.3, 0.4) is 0 Å². The average molecular weight is 961 g/mol. The maximum absolute atomic E-state index is 7.12. The van der Waals surface area contributed by atoms with Gasteiger partial charge in [0.15, 0.2) is 5.58 Å². The third-order valence-electron chi connectivity index (χ3n) is 15.8. The van der Waals surface area contributed by atoms with Crippen molar-refractivity contribution in [1.29, 1.82) is 0 Å². The van der Waals surface area contributed by atoms with Crippen LogP contribution in [0.4, 0.5) is 34.1 Å². The zero-order valence-corrected chi connectivity index (χ0v) is 41.5. The van der Waals surface area contributed by atoms with E-state index >= 15 is 0 Å². The van der Waals surface area contributed by atoms with Crippen LogP contribution < -0.4 is 14.5 Å². The van der Waals surface area contributed by atoms with Gasteiger partial charge < -0.3 is 19.0 Å². The normalized spacial score (nSPS) is 12.9. The molecule has 0 radical (unpaired) electrons. The van der Waals surface area contributed by atoms with Gasteiger partial charge in [-0.1, -0.05) is 190 Å². The van der Waals surface area contributed by atoms with Crippen LogP contribution in [0.2, 0.25) is 0 Å². The molecule has 4 heteroatoms. The van der Waals surface area contributed by atoms with Crippen LogP contribution in [0.25, 0.3) is 88.0 Å². The summed E-state index contributed by atoms with van der Waals surface area (Å²) in [6, 6.07) is 92.0. The molecular formula is C71H48N2O2. The van der Waals surface area contributed by atoms with E-state index in [4.69, 9.17) is 9.15 Å². The zero-order valence-electron chi connectivity index (χ0n) is 41.5. The summed E-state index contributed by atoms with van der Waals surface area (Å²) in [5.41, 5.74) is 19.9. The molecule has 354 valence electrons. The lowest BCUT2D eigenvalue weighted by Gasteiger charge is -2.30. The number of nitrogens with zero attached hydrogens (tertiary/aromatic N) is 2. The standard InChI is InChI=1S/C71H48N2O2/c1-71(2)61-29-13-9-25-53(61)54-39-37-49(43-62(54)71)72(63-30-14-10-23-51(63)45-19-5-3-6-20-45)48-36-35-47-41-60-56-40-38-50(44-68(56)74-67-34-18-27-57(69(60)67)59(47)42-48)73(64-31-15-11-24-52(64)46-21-7-4-8-22-46)65-32-17-28-58-55-26-12-16-33-66(55)75-70(58)65/h3-44H,1-2H3. The summed E-state index contributed by atoms with van der Waals surface area (Å²) < 4.78 is 13.9. The van der Waals surface area contributed by atoms with E-state index < -0.39 is 0 Å². The number of para-hydroxylation sites is 4. The molecule has 13 aromatic rings. The van der Waals surface area contributed by atoms with Crippen LogP contribution in [0, 0.1) is 0 Å². The molecule has 0 saturated carbocycles. The van der Waals surface area contributed by atoms with Crippen molar-refractivity contribution in [2.24, 2.45) is 0 Å². The monoisotopic (exact) mass is 960 g/mol. The molecule has 2 aliphatic rings. The first kappa shape index (κ1) is 43.0. The lowest BCUT2D eigenvalue weighted by molar-refractivity contribution is 0.487. The first-order valence-electron chi connectivity index (χ1n) is 25.8. The molecule has 4 nitrogen and oxygen atoms in total. The molecule has 1 aliphatic heterocycles. The van der Waals surface area contributed by atoms with E-state index in [1.54, 1.807) is 0 Å². The largest absolute Gasteiger partial charge is 0.456 e. The maximum Gasteiger partial charge on any atom is 0.159 e. The molecule has 2 heterocycles. The van der Waals surface area contributed by atoms with E-state index in [9.17, 15) is 0 Å². The van der Waals surface area contributed by atoms with Crippen LogP contribution in [0.1, 0.15) is 25.0 Å². The van der Waals surface area contributed by atoms with Crippen molar-refractivity contribution < 1.29 is 9.15 Å². The fourth-order valence-corrected chi connectivity index (χ4v) is 12.3. The number of furan rings is 1. The molecule has 1 aromatic heterocycles. The average Bonchev–Trinajstić information content (AvgIpc) is 4.02. The van der Waals surface area contributed by atoms with E-state index in [2.05, 4.69) is 266 Å². The molecule has 12 aromatic carbocycles. The van der Waals surface area contributed by atoms with E-state index in [0.717, 1.165) is 111 Å². The Morgan fingerprint density at radius 3 is 1.67 bits per heavy atom. The van der Waals surface area contributed by atoms with Crippen molar-refractivity contribution in [2.45, 2.75) is 19.3 Å². The Morgan fingerprint density at radius 1 is 0.333 bits per heavy atom. The van der Waals surface area contributed by atoms with Gasteiger partial charge in [0, 0.05) is 55.7 Å². The van der Waals surface area contributed by atoms with Gasteiger partial charge in [-0.15, -0.1) is 0 Å². The van der Waals surface area contributed by atoms with Gasteiger partial charge in [-0.2, -0.15) is 0 Å². The van der Waals surface area contributed by atoms with Gasteiger partial charge in [-0.3, -0.25) is 0 Å².